The van der Waals surface area contributed by atoms with E-state index in [1.807, 2.05) is 32.3 Å². The third kappa shape index (κ3) is 4.23. The molecule has 7 nitrogen and oxygen atoms in total. The lowest BCUT2D eigenvalue weighted by Gasteiger charge is -2.22. The standard InChI is InChI=1S/C18H23N5O2.ClH/c1-11(12-4-6-15-13(8-12)5-7-16(24)22-15)21-18(25)17(19-2)14-9-20-23(3)10-14;/h4,6,8-11,17,19H,5,7H2,1-3H3,(H,21,25)(H,22,24);1H. The number of likely N-dealkylation sites (N-methyl/N-ethyl adjacent to an activating group) is 1. The zero-order valence-electron chi connectivity index (χ0n) is 15.1. The highest BCUT2D eigenvalue weighted by atomic mass is 35.5. The van der Waals surface area contributed by atoms with Crippen molar-refractivity contribution < 1.29 is 9.59 Å². The second kappa shape index (κ2) is 8.33. The maximum absolute atomic E-state index is 12.6. The number of nitrogens with one attached hydrogen (secondary N) is 3. The molecule has 1 aliphatic rings. The molecule has 8 heteroatoms. The first-order chi connectivity index (χ1) is 12.0. The SMILES string of the molecule is CNC(C(=O)NC(C)c1ccc2c(c1)CCC(=O)N2)c1cnn(C)c1.Cl. The highest BCUT2D eigenvalue weighted by Crippen LogP contribution is 2.26. The van der Waals surface area contributed by atoms with E-state index in [4.69, 9.17) is 0 Å². The molecule has 0 spiro atoms. The highest BCUT2D eigenvalue weighted by molar-refractivity contribution is 5.94. The van der Waals surface area contributed by atoms with E-state index in [2.05, 4.69) is 27.1 Å². The number of benzene rings is 1. The molecular formula is C18H24ClN5O2. The molecule has 140 valence electrons. The molecule has 2 atom stereocenters. The minimum atomic E-state index is -0.451. The summed E-state index contributed by atoms with van der Waals surface area (Å²) in [5, 5.41) is 13.1. The summed E-state index contributed by atoms with van der Waals surface area (Å²) in [7, 11) is 3.58. The van der Waals surface area contributed by atoms with Crippen LogP contribution >= 0.6 is 12.4 Å². The monoisotopic (exact) mass is 377 g/mol. The summed E-state index contributed by atoms with van der Waals surface area (Å²) in [5.74, 6) is -0.0519. The Morgan fingerprint density at radius 3 is 2.73 bits per heavy atom. The predicted molar refractivity (Wildman–Crippen MR) is 102 cm³/mol. The molecule has 2 aromatic rings. The number of carbonyl (C=O) groups is 2. The topological polar surface area (TPSA) is 88.1 Å². The third-order valence-corrected chi connectivity index (χ3v) is 4.49. The molecule has 2 heterocycles. The van der Waals surface area contributed by atoms with Crippen molar-refractivity contribution in [2.75, 3.05) is 12.4 Å². The number of aromatic nitrogens is 2. The van der Waals surface area contributed by atoms with Gasteiger partial charge >= 0.3 is 0 Å². The molecule has 0 aliphatic carbocycles. The summed E-state index contributed by atoms with van der Waals surface area (Å²) in [6.45, 7) is 1.96. The Labute approximate surface area is 159 Å². The van der Waals surface area contributed by atoms with E-state index < -0.39 is 6.04 Å². The van der Waals surface area contributed by atoms with Gasteiger partial charge in [-0.15, -0.1) is 12.4 Å². The second-order valence-electron chi connectivity index (χ2n) is 6.36. The van der Waals surface area contributed by atoms with Crippen LogP contribution in [0.5, 0.6) is 0 Å². The van der Waals surface area contributed by atoms with Gasteiger partial charge in [-0.2, -0.15) is 5.10 Å². The highest BCUT2D eigenvalue weighted by Gasteiger charge is 2.23. The first-order valence-electron chi connectivity index (χ1n) is 8.37. The van der Waals surface area contributed by atoms with Crippen molar-refractivity contribution in [1.82, 2.24) is 20.4 Å². The Bertz CT molecular complexity index is 805. The fraction of sp³-hybridized carbons (Fsp3) is 0.389. The van der Waals surface area contributed by atoms with Gasteiger partial charge in [-0.3, -0.25) is 14.3 Å². The zero-order valence-corrected chi connectivity index (χ0v) is 15.9. The normalized spacial score (nSPS) is 15.3. The minimum absolute atomic E-state index is 0. The van der Waals surface area contributed by atoms with Crippen LogP contribution in [0.1, 0.15) is 42.1 Å². The molecule has 1 aliphatic heterocycles. The van der Waals surface area contributed by atoms with Crippen molar-refractivity contribution in [1.29, 1.82) is 0 Å². The smallest absolute Gasteiger partial charge is 0.242 e. The largest absolute Gasteiger partial charge is 0.348 e. The lowest BCUT2D eigenvalue weighted by molar-refractivity contribution is -0.123. The maximum Gasteiger partial charge on any atom is 0.242 e. The minimum Gasteiger partial charge on any atom is -0.348 e. The van der Waals surface area contributed by atoms with Crippen molar-refractivity contribution in [2.24, 2.45) is 7.05 Å². The summed E-state index contributed by atoms with van der Waals surface area (Å²) in [4.78, 5) is 24.1. The molecule has 2 amide bonds. The van der Waals surface area contributed by atoms with Crippen molar-refractivity contribution in [3.05, 3.63) is 47.3 Å². The van der Waals surface area contributed by atoms with E-state index in [9.17, 15) is 9.59 Å². The third-order valence-electron chi connectivity index (χ3n) is 4.49. The number of hydrogen-bond acceptors (Lipinski definition) is 4. The van der Waals surface area contributed by atoms with E-state index >= 15 is 0 Å². The number of halogens is 1. The number of fused-ring (bicyclic) bond motifs is 1. The molecule has 0 fully saturated rings. The Hall–Kier alpha value is -2.38. The number of amides is 2. The number of nitrogens with zero attached hydrogens (tertiary/aromatic N) is 2. The summed E-state index contributed by atoms with van der Waals surface area (Å²) in [6.07, 6.45) is 4.74. The Kier molecular flexibility index (Phi) is 6.39. The van der Waals surface area contributed by atoms with Gasteiger partial charge in [0, 0.05) is 30.9 Å². The molecule has 0 radical (unpaired) electrons. The quantitative estimate of drug-likeness (QED) is 0.742. The Morgan fingerprint density at radius 2 is 2.08 bits per heavy atom. The van der Waals surface area contributed by atoms with Crippen molar-refractivity contribution >= 4 is 29.9 Å². The summed E-state index contributed by atoms with van der Waals surface area (Å²) < 4.78 is 1.67. The van der Waals surface area contributed by atoms with Gasteiger partial charge in [0.1, 0.15) is 6.04 Å². The van der Waals surface area contributed by atoms with Crippen molar-refractivity contribution in [3.8, 4) is 0 Å². The van der Waals surface area contributed by atoms with E-state index in [0.717, 1.165) is 28.8 Å². The molecular weight excluding hydrogens is 354 g/mol. The lowest BCUT2D eigenvalue weighted by Crippen LogP contribution is -2.37. The first-order valence-corrected chi connectivity index (χ1v) is 8.37. The number of hydrogen-bond donors (Lipinski definition) is 3. The van der Waals surface area contributed by atoms with Gasteiger partial charge in [0.15, 0.2) is 0 Å². The number of anilines is 1. The van der Waals surface area contributed by atoms with Gasteiger partial charge in [0.25, 0.3) is 0 Å². The predicted octanol–water partition coefficient (Wildman–Crippen LogP) is 1.86. The summed E-state index contributed by atoms with van der Waals surface area (Å²) >= 11 is 0. The average Bonchev–Trinajstić information content (AvgIpc) is 3.01. The fourth-order valence-corrected chi connectivity index (χ4v) is 3.09. The van der Waals surface area contributed by atoms with Crippen LogP contribution in [-0.4, -0.2) is 28.6 Å². The van der Waals surface area contributed by atoms with Crippen molar-refractivity contribution in [2.45, 2.75) is 31.8 Å². The molecule has 2 unspecified atom stereocenters. The van der Waals surface area contributed by atoms with Crippen molar-refractivity contribution in [3.63, 3.8) is 0 Å². The number of carbonyl (C=O) groups excluding carboxylic acids is 2. The van der Waals surface area contributed by atoms with Crippen LogP contribution in [0.15, 0.2) is 30.6 Å². The van der Waals surface area contributed by atoms with Crippen LogP contribution in [0.25, 0.3) is 0 Å². The second-order valence-corrected chi connectivity index (χ2v) is 6.36. The van der Waals surface area contributed by atoms with Gasteiger partial charge < -0.3 is 16.0 Å². The van der Waals surface area contributed by atoms with E-state index in [0.29, 0.717) is 6.42 Å². The Morgan fingerprint density at radius 1 is 1.31 bits per heavy atom. The van der Waals surface area contributed by atoms with Gasteiger partial charge in [-0.05, 0) is 37.6 Å². The van der Waals surface area contributed by atoms with Gasteiger partial charge in [0.2, 0.25) is 11.8 Å². The molecule has 0 bridgehead atoms. The van der Waals surface area contributed by atoms with E-state index in [1.165, 1.54) is 0 Å². The zero-order chi connectivity index (χ0) is 18.0. The van der Waals surface area contributed by atoms with Crippen LogP contribution in [0.4, 0.5) is 5.69 Å². The van der Waals surface area contributed by atoms with E-state index in [-0.39, 0.29) is 30.3 Å². The molecule has 0 saturated heterocycles. The molecule has 26 heavy (non-hydrogen) atoms. The molecule has 1 aromatic carbocycles. The summed E-state index contributed by atoms with van der Waals surface area (Å²) in [6, 6.07) is 5.31. The van der Waals surface area contributed by atoms with Gasteiger partial charge in [-0.25, -0.2) is 0 Å². The van der Waals surface area contributed by atoms with Crippen LogP contribution in [0.3, 0.4) is 0 Å². The lowest BCUT2D eigenvalue weighted by atomic mass is 9.97. The number of aryl methyl sites for hydroxylation is 2. The number of rotatable bonds is 5. The molecule has 1 aromatic heterocycles. The van der Waals surface area contributed by atoms with Crippen LogP contribution in [-0.2, 0) is 23.1 Å². The van der Waals surface area contributed by atoms with Crippen LogP contribution in [0, 0.1) is 0 Å². The fourth-order valence-electron chi connectivity index (χ4n) is 3.09. The van der Waals surface area contributed by atoms with Gasteiger partial charge in [-0.1, -0.05) is 12.1 Å². The summed E-state index contributed by atoms with van der Waals surface area (Å²) in [5.41, 5.74) is 3.81. The van der Waals surface area contributed by atoms with Gasteiger partial charge in [0.05, 0.1) is 12.2 Å². The average molecular weight is 378 g/mol. The molecule has 0 saturated carbocycles. The van der Waals surface area contributed by atoms with Crippen LogP contribution in [0.2, 0.25) is 0 Å². The molecule has 3 N–H and O–H groups in total. The maximum atomic E-state index is 12.6. The Balaban J connectivity index is 0.00000243. The van der Waals surface area contributed by atoms with Crippen LogP contribution < -0.4 is 16.0 Å². The first kappa shape index (κ1) is 19.9. The van der Waals surface area contributed by atoms with E-state index in [1.54, 1.807) is 17.9 Å². The molecule has 3 rings (SSSR count).